The zero-order valence-corrected chi connectivity index (χ0v) is 18.2. The number of carbonyl (C=O) groups is 1. The first-order valence-corrected chi connectivity index (χ1v) is 13.6. The minimum atomic E-state index is -1.33. The molecule has 6 nitrogen and oxygen atoms in total. The number of rotatable bonds is 4. The van der Waals surface area contributed by atoms with E-state index < -0.39 is 8.07 Å². The van der Waals surface area contributed by atoms with E-state index in [2.05, 4.69) is 53.9 Å². The Morgan fingerprint density at radius 1 is 1.30 bits per heavy atom. The van der Waals surface area contributed by atoms with E-state index in [0.717, 1.165) is 23.9 Å². The van der Waals surface area contributed by atoms with Gasteiger partial charge in [-0.1, -0.05) is 37.0 Å². The number of nitrogens with one attached hydrogen (secondary N) is 1. The van der Waals surface area contributed by atoms with Gasteiger partial charge in [-0.25, -0.2) is 9.78 Å². The van der Waals surface area contributed by atoms with Crippen molar-refractivity contribution in [2.75, 3.05) is 29.9 Å². The second-order valence-electron chi connectivity index (χ2n) is 8.03. The molecule has 0 aliphatic carbocycles. The maximum absolute atomic E-state index is 12.7. The summed E-state index contributed by atoms with van der Waals surface area (Å²) in [5, 5.41) is 16.4. The largest absolute Gasteiger partial charge is 0.390 e. The van der Waals surface area contributed by atoms with Gasteiger partial charge in [0.2, 0.25) is 0 Å². The normalized spacial score (nSPS) is 17.9. The predicted octanol–water partition coefficient (Wildman–Crippen LogP) is 2.92. The molecular weight excluding hydrogens is 376 g/mol. The highest BCUT2D eigenvalue weighted by Gasteiger charge is 2.29. The van der Waals surface area contributed by atoms with Crippen molar-refractivity contribution < 1.29 is 9.90 Å². The van der Waals surface area contributed by atoms with Crippen molar-refractivity contribution in [1.29, 1.82) is 0 Å². The fourth-order valence-corrected chi connectivity index (χ4v) is 5.22. The molecule has 27 heavy (non-hydrogen) atoms. The standard InChI is InChI=1S/C19H28N4O2SSi/c1-14-11-22(19-21-16(12-24)13-26-19)9-10-23(14)18(25)20-15-5-7-17(8-6-15)27(2,3)4/h5-8,13-14,24H,9-12H2,1-4H3,(H,20,25)/t14-/m1/s1. The summed E-state index contributed by atoms with van der Waals surface area (Å²) < 4.78 is 0. The molecule has 0 radical (unpaired) electrons. The number of hydrogen-bond donors (Lipinski definition) is 2. The molecule has 3 rings (SSSR count). The summed E-state index contributed by atoms with van der Waals surface area (Å²) >= 11 is 1.54. The van der Waals surface area contributed by atoms with Gasteiger partial charge in [-0.05, 0) is 19.1 Å². The predicted molar refractivity (Wildman–Crippen MR) is 115 cm³/mol. The van der Waals surface area contributed by atoms with Crippen molar-refractivity contribution in [3.63, 3.8) is 0 Å². The first kappa shape index (κ1) is 19.8. The number of hydrogen-bond acceptors (Lipinski definition) is 5. The lowest BCUT2D eigenvalue weighted by atomic mass is 10.2. The van der Waals surface area contributed by atoms with Crippen LogP contribution in [-0.2, 0) is 6.61 Å². The topological polar surface area (TPSA) is 68.7 Å². The molecule has 1 saturated heterocycles. The molecule has 2 aromatic rings. The molecule has 8 heteroatoms. The van der Waals surface area contributed by atoms with E-state index in [1.807, 2.05) is 22.4 Å². The minimum absolute atomic E-state index is 0.0368. The summed E-state index contributed by atoms with van der Waals surface area (Å²) in [6.45, 7) is 11.1. The summed E-state index contributed by atoms with van der Waals surface area (Å²) in [5.41, 5.74) is 1.54. The highest BCUT2D eigenvalue weighted by atomic mass is 32.1. The number of thiazole rings is 1. The molecule has 0 spiro atoms. The zero-order valence-electron chi connectivity index (χ0n) is 16.4. The average Bonchev–Trinajstić information content (AvgIpc) is 3.10. The third kappa shape index (κ3) is 4.69. The molecule has 1 aliphatic heterocycles. The van der Waals surface area contributed by atoms with Crippen LogP contribution in [0.5, 0.6) is 0 Å². The van der Waals surface area contributed by atoms with Crippen molar-refractivity contribution >= 4 is 41.4 Å². The summed E-state index contributed by atoms with van der Waals surface area (Å²) in [6, 6.07) is 8.28. The van der Waals surface area contributed by atoms with Crippen molar-refractivity contribution in [3.05, 3.63) is 35.3 Å². The molecule has 2 amide bonds. The number of anilines is 2. The van der Waals surface area contributed by atoms with Gasteiger partial charge in [0.05, 0.1) is 20.4 Å². The van der Waals surface area contributed by atoms with Gasteiger partial charge in [0.15, 0.2) is 5.13 Å². The molecule has 1 fully saturated rings. The minimum Gasteiger partial charge on any atom is -0.390 e. The van der Waals surface area contributed by atoms with Gasteiger partial charge in [0, 0.05) is 36.7 Å². The van der Waals surface area contributed by atoms with E-state index in [0.29, 0.717) is 12.2 Å². The molecule has 1 aromatic heterocycles. The van der Waals surface area contributed by atoms with Crippen LogP contribution in [0, 0.1) is 0 Å². The second-order valence-corrected chi connectivity index (χ2v) is 13.9. The number of urea groups is 1. The Labute approximate surface area is 165 Å². The van der Waals surface area contributed by atoms with Gasteiger partial charge in [-0.2, -0.15) is 0 Å². The molecule has 0 bridgehead atoms. The van der Waals surface area contributed by atoms with E-state index >= 15 is 0 Å². The number of aliphatic hydroxyl groups is 1. The molecule has 1 atom stereocenters. The molecule has 2 heterocycles. The summed E-state index contributed by atoms with van der Waals surface area (Å²) in [5.74, 6) is 0. The highest BCUT2D eigenvalue weighted by Crippen LogP contribution is 2.24. The fraction of sp³-hybridized carbons (Fsp3) is 0.474. The Morgan fingerprint density at radius 2 is 2.00 bits per heavy atom. The van der Waals surface area contributed by atoms with E-state index in [-0.39, 0.29) is 18.7 Å². The fourth-order valence-electron chi connectivity index (χ4n) is 3.20. The van der Waals surface area contributed by atoms with Crippen LogP contribution in [0.4, 0.5) is 15.6 Å². The Hall–Kier alpha value is -1.90. The Balaban J connectivity index is 1.59. The van der Waals surface area contributed by atoms with Gasteiger partial charge in [-0.15, -0.1) is 11.3 Å². The lowest BCUT2D eigenvalue weighted by Gasteiger charge is -2.39. The van der Waals surface area contributed by atoms with Crippen LogP contribution >= 0.6 is 11.3 Å². The number of aromatic nitrogens is 1. The summed E-state index contributed by atoms with van der Waals surface area (Å²) in [7, 11) is -1.33. The lowest BCUT2D eigenvalue weighted by molar-refractivity contribution is 0.185. The molecule has 0 saturated carbocycles. The number of amides is 2. The van der Waals surface area contributed by atoms with Gasteiger partial charge in [0.1, 0.15) is 0 Å². The van der Waals surface area contributed by atoms with Crippen LogP contribution < -0.4 is 15.4 Å². The molecule has 146 valence electrons. The number of aliphatic hydroxyl groups excluding tert-OH is 1. The second kappa shape index (κ2) is 8.00. The van der Waals surface area contributed by atoms with Gasteiger partial charge in [0.25, 0.3) is 0 Å². The van der Waals surface area contributed by atoms with Gasteiger partial charge < -0.3 is 20.2 Å². The van der Waals surface area contributed by atoms with E-state index in [1.54, 1.807) is 0 Å². The van der Waals surface area contributed by atoms with E-state index in [9.17, 15) is 9.90 Å². The van der Waals surface area contributed by atoms with Gasteiger partial charge in [-0.3, -0.25) is 0 Å². The highest BCUT2D eigenvalue weighted by molar-refractivity contribution is 7.13. The third-order valence-corrected chi connectivity index (χ3v) is 7.88. The molecule has 1 aliphatic rings. The smallest absolute Gasteiger partial charge is 0.322 e. The number of piperazine rings is 1. The maximum Gasteiger partial charge on any atom is 0.322 e. The summed E-state index contributed by atoms with van der Waals surface area (Å²) in [6.07, 6.45) is 0. The van der Waals surface area contributed by atoms with Gasteiger partial charge >= 0.3 is 6.03 Å². The Kier molecular flexibility index (Phi) is 5.88. The number of benzene rings is 1. The molecular formula is C19H28N4O2SSi. The van der Waals surface area contributed by atoms with E-state index in [1.165, 1.54) is 16.5 Å². The van der Waals surface area contributed by atoms with Crippen molar-refractivity contribution in [3.8, 4) is 0 Å². The quantitative estimate of drug-likeness (QED) is 0.769. The van der Waals surface area contributed by atoms with Crippen LogP contribution in [0.25, 0.3) is 0 Å². The number of nitrogens with zero attached hydrogens (tertiary/aromatic N) is 3. The van der Waals surface area contributed by atoms with Crippen molar-refractivity contribution in [1.82, 2.24) is 9.88 Å². The molecule has 1 aromatic carbocycles. The first-order valence-electron chi connectivity index (χ1n) is 9.26. The average molecular weight is 405 g/mol. The maximum atomic E-state index is 12.7. The van der Waals surface area contributed by atoms with Crippen molar-refractivity contribution in [2.24, 2.45) is 0 Å². The molecule has 0 unspecified atom stereocenters. The first-order chi connectivity index (χ1) is 12.8. The van der Waals surface area contributed by atoms with Crippen LogP contribution in [0.15, 0.2) is 29.6 Å². The Bertz CT molecular complexity index is 788. The van der Waals surface area contributed by atoms with E-state index in [4.69, 9.17) is 0 Å². The van der Waals surface area contributed by atoms with Crippen LogP contribution in [-0.4, -0.2) is 54.8 Å². The summed E-state index contributed by atoms with van der Waals surface area (Å²) in [4.78, 5) is 21.2. The zero-order chi connectivity index (χ0) is 19.6. The van der Waals surface area contributed by atoms with Crippen LogP contribution in [0.2, 0.25) is 19.6 Å². The SMILES string of the molecule is C[C@@H]1CN(c2nc(CO)cs2)CCN1C(=O)Nc1ccc([Si](C)(C)C)cc1. The molecule has 2 N–H and O–H groups in total. The third-order valence-electron chi connectivity index (χ3n) is 4.86. The van der Waals surface area contributed by atoms with Crippen molar-refractivity contribution in [2.45, 2.75) is 39.2 Å². The number of carbonyl (C=O) groups excluding carboxylic acids is 1. The monoisotopic (exact) mass is 404 g/mol. The Morgan fingerprint density at radius 3 is 2.56 bits per heavy atom. The van der Waals surface area contributed by atoms with Crippen LogP contribution in [0.1, 0.15) is 12.6 Å². The lowest BCUT2D eigenvalue weighted by Crippen LogP contribution is -2.55. The van der Waals surface area contributed by atoms with Crippen LogP contribution in [0.3, 0.4) is 0 Å².